The van der Waals surface area contributed by atoms with Gasteiger partial charge in [-0.05, 0) is 42.3 Å². The maximum atomic E-state index is 9.59. The van der Waals surface area contributed by atoms with Gasteiger partial charge < -0.3 is 10.4 Å². The zero-order valence-corrected chi connectivity index (χ0v) is 12.9. The van der Waals surface area contributed by atoms with Gasteiger partial charge in [0.05, 0.1) is 12.6 Å². The molecule has 0 bridgehead atoms. The van der Waals surface area contributed by atoms with Crippen LogP contribution in [0.25, 0.3) is 0 Å². The molecule has 1 unspecified atom stereocenters. The molecule has 19 heavy (non-hydrogen) atoms. The molecule has 2 N–H and O–H groups in total. The molecule has 2 aromatic rings. The lowest BCUT2D eigenvalue weighted by molar-refractivity contribution is 0.276. The van der Waals surface area contributed by atoms with Crippen molar-refractivity contribution >= 4 is 33.2 Å². The third-order valence-electron chi connectivity index (χ3n) is 2.88. The summed E-state index contributed by atoms with van der Waals surface area (Å²) in [5.41, 5.74) is 3.09. The Bertz CT molecular complexity index is 574. The van der Waals surface area contributed by atoms with Crippen LogP contribution in [0.3, 0.4) is 0 Å². The molecule has 0 spiro atoms. The van der Waals surface area contributed by atoms with Crippen molar-refractivity contribution in [3.63, 3.8) is 0 Å². The van der Waals surface area contributed by atoms with Crippen LogP contribution in [0.15, 0.2) is 46.9 Å². The van der Waals surface area contributed by atoms with Gasteiger partial charge in [0, 0.05) is 15.2 Å². The van der Waals surface area contributed by atoms with Gasteiger partial charge in [-0.1, -0.05) is 45.7 Å². The van der Waals surface area contributed by atoms with Crippen LogP contribution in [0.4, 0.5) is 5.69 Å². The van der Waals surface area contributed by atoms with Crippen LogP contribution in [-0.4, -0.2) is 11.7 Å². The topological polar surface area (TPSA) is 32.3 Å². The van der Waals surface area contributed by atoms with Gasteiger partial charge in [-0.2, -0.15) is 0 Å². The Morgan fingerprint density at radius 3 is 2.68 bits per heavy atom. The molecule has 1 atom stereocenters. The maximum Gasteiger partial charge on any atom is 0.0755 e. The summed E-state index contributed by atoms with van der Waals surface area (Å²) in [4.78, 5) is 0. The van der Waals surface area contributed by atoms with E-state index in [0.717, 1.165) is 15.7 Å². The molecule has 0 saturated heterocycles. The molecular formula is C15H15BrClNO. The molecule has 0 aliphatic rings. The number of aliphatic hydroxyl groups is 1. The summed E-state index contributed by atoms with van der Waals surface area (Å²) in [6.07, 6.45) is 0. The van der Waals surface area contributed by atoms with Crippen molar-refractivity contribution in [2.45, 2.75) is 13.0 Å². The molecule has 4 heteroatoms. The number of hydrogen-bond acceptors (Lipinski definition) is 2. The first-order chi connectivity index (χ1) is 9.10. The van der Waals surface area contributed by atoms with E-state index in [-0.39, 0.29) is 12.6 Å². The Kier molecular flexibility index (Phi) is 4.86. The van der Waals surface area contributed by atoms with Crippen molar-refractivity contribution in [3.8, 4) is 0 Å². The minimum absolute atomic E-state index is 0.00811. The van der Waals surface area contributed by atoms with Gasteiger partial charge in [0.25, 0.3) is 0 Å². The molecule has 0 saturated carbocycles. The SMILES string of the molecule is Cc1ccc(C(CO)Nc2cccc(Cl)c2)c(Br)c1. The largest absolute Gasteiger partial charge is 0.394 e. The zero-order chi connectivity index (χ0) is 13.8. The van der Waals surface area contributed by atoms with E-state index >= 15 is 0 Å². The van der Waals surface area contributed by atoms with Crippen LogP contribution in [0.2, 0.25) is 5.02 Å². The summed E-state index contributed by atoms with van der Waals surface area (Å²) in [5.74, 6) is 0. The third-order valence-corrected chi connectivity index (χ3v) is 3.80. The average molecular weight is 341 g/mol. The van der Waals surface area contributed by atoms with Crippen LogP contribution in [0, 0.1) is 6.92 Å². The van der Waals surface area contributed by atoms with Crippen LogP contribution in [0.1, 0.15) is 17.2 Å². The molecule has 0 aliphatic carbocycles. The zero-order valence-electron chi connectivity index (χ0n) is 10.5. The molecule has 100 valence electrons. The van der Waals surface area contributed by atoms with E-state index < -0.39 is 0 Å². The van der Waals surface area contributed by atoms with Crippen molar-refractivity contribution in [2.24, 2.45) is 0 Å². The minimum Gasteiger partial charge on any atom is -0.394 e. The molecule has 2 nitrogen and oxygen atoms in total. The monoisotopic (exact) mass is 339 g/mol. The smallest absolute Gasteiger partial charge is 0.0755 e. The summed E-state index contributed by atoms with van der Waals surface area (Å²) in [5, 5.41) is 13.5. The number of halogens is 2. The van der Waals surface area contributed by atoms with Crippen molar-refractivity contribution in [2.75, 3.05) is 11.9 Å². The second-order valence-corrected chi connectivity index (χ2v) is 5.71. The standard InChI is InChI=1S/C15H15BrClNO/c1-10-5-6-13(14(16)7-10)15(9-19)18-12-4-2-3-11(17)8-12/h2-8,15,18-19H,9H2,1H3. The number of anilines is 1. The van der Waals surface area contributed by atoms with E-state index in [4.69, 9.17) is 11.6 Å². The van der Waals surface area contributed by atoms with Gasteiger partial charge in [-0.3, -0.25) is 0 Å². The summed E-state index contributed by atoms with van der Waals surface area (Å²) in [6.45, 7) is 2.04. The number of hydrogen-bond donors (Lipinski definition) is 2. The molecular weight excluding hydrogens is 326 g/mol. The van der Waals surface area contributed by atoms with Gasteiger partial charge >= 0.3 is 0 Å². The van der Waals surface area contributed by atoms with Gasteiger partial charge in [-0.25, -0.2) is 0 Å². The Labute approximate surface area is 126 Å². The van der Waals surface area contributed by atoms with Crippen molar-refractivity contribution in [3.05, 3.63) is 63.1 Å². The molecule has 0 heterocycles. The summed E-state index contributed by atoms with van der Waals surface area (Å²) >= 11 is 9.50. The van der Waals surface area contributed by atoms with Crippen molar-refractivity contribution in [1.29, 1.82) is 0 Å². The average Bonchev–Trinajstić information content (AvgIpc) is 2.37. The third kappa shape index (κ3) is 3.72. The normalized spacial score (nSPS) is 12.2. The quantitative estimate of drug-likeness (QED) is 0.855. The number of nitrogens with one attached hydrogen (secondary N) is 1. The van der Waals surface area contributed by atoms with Crippen molar-refractivity contribution < 1.29 is 5.11 Å². The fourth-order valence-electron chi connectivity index (χ4n) is 1.92. The highest BCUT2D eigenvalue weighted by Crippen LogP contribution is 2.28. The van der Waals surface area contributed by atoms with Crippen LogP contribution >= 0.6 is 27.5 Å². The lowest BCUT2D eigenvalue weighted by atomic mass is 10.1. The Morgan fingerprint density at radius 1 is 1.26 bits per heavy atom. The second kappa shape index (κ2) is 6.42. The van der Waals surface area contributed by atoms with E-state index in [2.05, 4.69) is 21.2 Å². The number of aliphatic hydroxyl groups excluding tert-OH is 1. The fourth-order valence-corrected chi connectivity index (χ4v) is 2.88. The van der Waals surface area contributed by atoms with E-state index in [0.29, 0.717) is 5.02 Å². The molecule has 2 rings (SSSR count). The molecule has 2 aromatic carbocycles. The fraction of sp³-hybridized carbons (Fsp3) is 0.200. The Morgan fingerprint density at radius 2 is 2.05 bits per heavy atom. The van der Waals surface area contributed by atoms with E-state index in [1.54, 1.807) is 0 Å². The predicted octanol–water partition coefficient (Wildman–Crippen LogP) is 4.56. The molecule has 0 aliphatic heterocycles. The van der Waals surface area contributed by atoms with E-state index in [1.807, 2.05) is 49.4 Å². The van der Waals surface area contributed by atoms with E-state index in [1.165, 1.54) is 5.56 Å². The molecule has 0 aromatic heterocycles. The van der Waals surface area contributed by atoms with Gasteiger partial charge in [0.15, 0.2) is 0 Å². The Balaban J connectivity index is 2.25. The molecule has 0 radical (unpaired) electrons. The first-order valence-electron chi connectivity index (χ1n) is 5.99. The van der Waals surface area contributed by atoms with Crippen LogP contribution in [0.5, 0.6) is 0 Å². The predicted molar refractivity (Wildman–Crippen MR) is 83.8 cm³/mol. The lowest BCUT2D eigenvalue weighted by Crippen LogP contribution is -2.15. The highest BCUT2D eigenvalue weighted by Gasteiger charge is 2.13. The second-order valence-electron chi connectivity index (χ2n) is 4.41. The van der Waals surface area contributed by atoms with Gasteiger partial charge in [0.2, 0.25) is 0 Å². The highest BCUT2D eigenvalue weighted by atomic mass is 79.9. The number of rotatable bonds is 4. The van der Waals surface area contributed by atoms with Crippen molar-refractivity contribution in [1.82, 2.24) is 0 Å². The summed E-state index contributed by atoms with van der Waals surface area (Å²) < 4.78 is 0.987. The van der Waals surface area contributed by atoms with Crippen LogP contribution in [-0.2, 0) is 0 Å². The number of benzene rings is 2. The highest BCUT2D eigenvalue weighted by molar-refractivity contribution is 9.10. The Hall–Kier alpha value is -1.03. The van der Waals surface area contributed by atoms with E-state index in [9.17, 15) is 5.11 Å². The van der Waals surface area contributed by atoms with Gasteiger partial charge in [0.1, 0.15) is 0 Å². The van der Waals surface area contributed by atoms with Gasteiger partial charge in [-0.15, -0.1) is 0 Å². The lowest BCUT2D eigenvalue weighted by Gasteiger charge is -2.20. The number of aryl methyl sites for hydroxylation is 1. The van der Waals surface area contributed by atoms with Crippen LogP contribution < -0.4 is 5.32 Å². The molecule has 0 amide bonds. The summed E-state index contributed by atoms with van der Waals surface area (Å²) in [7, 11) is 0. The molecule has 0 fully saturated rings. The first-order valence-corrected chi connectivity index (χ1v) is 7.16. The minimum atomic E-state index is -0.173. The first kappa shape index (κ1) is 14.4. The maximum absolute atomic E-state index is 9.59. The summed E-state index contributed by atoms with van der Waals surface area (Å²) in [6, 6.07) is 13.4.